The molecule has 5 heteroatoms. The number of nitrogens with one attached hydrogen (secondary N) is 1. The fraction of sp³-hybridized carbons (Fsp3) is 0.200. The van der Waals surface area contributed by atoms with Gasteiger partial charge in [0.05, 0.1) is 0 Å². The van der Waals surface area contributed by atoms with E-state index in [0.29, 0.717) is 0 Å². The molecule has 1 aliphatic carbocycles. The largest absolute Gasteiger partial charge is 0.451 e. The number of amides is 1. The van der Waals surface area contributed by atoms with Gasteiger partial charge in [0.2, 0.25) is 0 Å². The van der Waals surface area contributed by atoms with Crippen molar-refractivity contribution in [2.45, 2.75) is 5.92 Å². The van der Waals surface area contributed by atoms with E-state index in [0.717, 1.165) is 22.3 Å². The Labute approximate surface area is 146 Å². The van der Waals surface area contributed by atoms with Crippen LogP contribution in [0.3, 0.4) is 0 Å². The molecular weight excluding hydrogens is 318 g/mol. The summed E-state index contributed by atoms with van der Waals surface area (Å²) < 4.78 is 9.96. The van der Waals surface area contributed by atoms with E-state index in [1.807, 2.05) is 36.4 Å². The third kappa shape index (κ3) is 3.64. The second-order valence-corrected chi connectivity index (χ2v) is 5.54. The van der Waals surface area contributed by atoms with Gasteiger partial charge < -0.3 is 14.8 Å². The van der Waals surface area contributed by atoms with E-state index < -0.39 is 12.1 Å². The molecule has 1 aliphatic rings. The number of benzene rings is 2. The summed E-state index contributed by atoms with van der Waals surface area (Å²) in [6.45, 7) is -0.206. The zero-order valence-corrected chi connectivity index (χ0v) is 13.5. The van der Waals surface area contributed by atoms with E-state index in [2.05, 4.69) is 28.1 Å². The third-order valence-corrected chi connectivity index (χ3v) is 4.04. The normalized spacial score (nSPS) is 11.8. The van der Waals surface area contributed by atoms with Crippen LogP contribution in [-0.4, -0.2) is 31.8 Å². The van der Waals surface area contributed by atoms with Crippen molar-refractivity contribution in [2.24, 2.45) is 0 Å². The molecule has 0 saturated carbocycles. The Hall–Kier alpha value is -3.26. The summed E-state index contributed by atoms with van der Waals surface area (Å²) in [5, 5.41) is 2.36. The number of ether oxygens (including phenoxy) is 2. The quantitative estimate of drug-likeness (QED) is 0.674. The number of fused-ring (bicyclic) bond motifs is 3. The maximum Gasteiger partial charge on any atom is 0.407 e. The Morgan fingerprint density at radius 2 is 1.60 bits per heavy atom. The van der Waals surface area contributed by atoms with Crippen molar-refractivity contribution in [1.29, 1.82) is 0 Å². The lowest BCUT2D eigenvalue weighted by molar-refractivity contribution is -0.140. The lowest BCUT2D eigenvalue weighted by Crippen LogP contribution is -2.32. The van der Waals surface area contributed by atoms with Crippen molar-refractivity contribution in [3.63, 3.8) is 0 Å². The summed E-state index contributed by atoms with van der Waals surface area (Å²) in [7, 11) is 0. The van der Waals surface area contributed by atoms with E-state index in [-0.39, 0.29) is 25.7 Å². The van der Waals surface area contributed by atoms with Crippen molar-refractivity contribution in [3.05, 3.63) is 59.7 Å². The fourth-order valence-electron chi connectivity index (χ4n) is 2.97. The van der Waals surface area contributed by atoms with Gasteiger partial charge in [0.1, 0.15) is 13.2 Å². The summed E-state index contributed by atoms with van der Waals surface area (Å²) in [6, 6.07) is 16.1. The highest BCUT2D eigenvalue weighted by molar-refractivity contribution is 5.80. The third-order valence-electron chi connectivity index (χ3n) is 4.04. The van der Waals surface area contributed by atoms with Crippen LogP contribution in [0.25, 0.3) is 11.1 Å². The molecule has 0 heterocycles. The molecule has 1 N–H and O–H groups in total. The summed E-state index contributed by atoms with van der Waals surface area (Å²) >= 11 is 0. The van der Waals surface area contributed by atoms with Gasteiger partial charge in [0.15, 0.2) is 6.61 Å². The predicted molar refractivity (Wildman–Crippen MR) is 92.9 cm³/mol. The minimum Gasteiger partial charge on any atom is -0.451 e. The molecular formula is C20H17NO4. The summed E-state index contributed by atoms with van der Waals surface area (Å²) in [4.78, 5) is 23.1. The van der Waals surface area contributed by atoms with Crippen LogP contribution in [0.2, 0.25) is 0 Å². The monoisotopic (exact) mass is 335 g/mol. The highest BCUT2D eigenvalue weighted by Gasteiger charge is 2.28. The summed E-state index contributed by atoms with van der Waals surface area (Å²) in [6.07, 6.45) is 4.32. The number of terminal acetylenes is 1. The number of hydrogen-bond donors (Lipinski definition) is 1. The maximum atomic E-state index is 11.8. The number of carbonyl (C=O) groups is 2. The molecule has 0 bridgehead atoms. The zero-order valence-electron chi connectivity index (χ0n) is 13.5. The summed E-state index contributed by atoms with van der Waals surface area (Å²) in [5.41, 5.74) is 4.57. The number of esters is 1. The van der Waals surface area contributed by atoms with Crippen LogP contribution < -0.4 is 5.32 Å². The highest BCUT2D eigenvalue weighted by Crippen LogP contribution is 2.44. The SMILES string of the molecule is C#CCOC(=O)CNC(=O)OCC1c2ccccc2-c2ccccc21. The van der Waals surface area contributed by atoms with Gasteiger partial charge in [-0.2, -0.15) is 0 Å². The van der Waals surface area contributed by atoms with Gasteiger partial charge in [-0.05, 0) is 22.3 Å². The predicted octanol–water partition coefficient (Wildman–Crippen LogP) is 2.70. The molecule has 0 spiro atoms. The van der Waals surface area contributed by atoms with Crippen LogP contribution in [0.15, 0.2) is 48.5 Å². The van der Waals surface area contributed by atoms with E-state index in [1.165, 1.54) is 0 Å². The molecule has 0 aliphatic heterocycles. The highest BCUT2D eigenvalue weighted by atomic mass is 16.6. The maximum absolute atomic E-state index is 11.8. The Kier molecular flexibility index (Phi) is 5.00. The van der Waals surface area contributed by atoms with Crippen molar-refractivity contribution in [1.82, 2.24) is 5.32 Å². The lowest BCUT2D eigenvalue weighted by atomic mass is 9.98. The van der Waals surface area contributed by atoms with Gasteiger partial charge >= 0.3 is 12.1 Å². The van der Waals surface area contributed by atoms with Gasteiger partial charge in [0.25, 0.3) is 0 Å². The van der Waals surface area contributed by atoms with Crippen molar-refractivity contribution in [2.75, 3.05) is 19.8 Å². The Bertz CT molecular complexity index is 792. The molecule has 126 valence electrons. The first-order valence-electron chi connectivity index (χ1n) is 7.88. The molecule has 1 amide bonds. The van der Waals surface area contributed by atoms with E-state index in [4.69, 9.17) is 11.2 Å². The molecule has 25 heavy (non-hydrogen) atoms. The first-order valence-corrected chi connectivity index (χ1v) is 7.88. The van der Waals surface area contributed by atoms with Gasteiger partial charge in [-0.15, -0.1) is 6.42 Å². The summed E-state index contributed by atoms with van der Waals surface area (Å²) in [5.74, 6) is 1.55. The molecule has 0 unspecified atom stereocenters. The van der Waals surface area contributed by atoms with Crippen LogP contribution in [0.4, 0.5) is 4.79 Å². The minimum atomic E-state index is -0.667. The van der Waals surface area contributed by atoms with E-state index >= 15 is 0 Å². The molecule has 0 aromatic heterocycles. The average molecular weight is 335 g/mol. The topological polar surface area (TPSA) is 64.6 Å². The molecule has 0 atom stereocenters. The Morgan fingerprint density at radius 1 is 1.00 bits per heavy atom. The smallest absolute Gasteiger partial charge is 0.407 e. The number of alkyl carbamates (subject to hydrolysis) is 1. The first kappa shape index (κ1) is 16.6. The Morgan fingerprint density at radius 3 is 2.20 bits per heavy atom. The van der Waals surface area contributed by atoms with Gasteiger partial charge in [-0.1, -0.05) is 54.5 Å². The number of carbonyl (C=O) groups excluding carboxylic acids is 2. The molecule has 2 aromatic carbocycles. The molecule has 0 radical (unpaired) electrons. The molecule has 2 aromatic rings. The molecule has 0 fully saturated rings. The van der Waals surface area contributed by atoms with E-state index in [9.17, 15) is 9.59 Å². The lowest BCUT2D eigenvalue weighted by Gasteiger charge is -2.14. The Balaban J connectivity index is 1.61. The number of hydrogen-bond acceptors (Lipinski definition) is 4. The van der Waals surface area contributed by atoms with Crippen molar-refractivity contribution in [3.8, 4) is 23.5 Å². The number of rotatable bonds is 5. The van der Waals surface area contributed by atoms with Crippen LogP contribution >= 0.6 is 0 Å². The van der Waals surface area contributed by atoms with E-state index in [1.54, 1.807) is 0 Å². The molecule has 3 rings (SSSR count). The molecule has 0 saturated heterocycles. The van der Waals surface area contributed by atoms with Crippen LogP contribution in [0.1, 0.15) is 17.0 Å². The minimum absolute atomic E-state index is 0.0217. The van der Waals surface area contributed by atoms with Crippen LogP contribution in [0.5, 0.6) is 0 Å². The second-order valence-electron chi connectivity index (χ2n) is 5.54. The van der Waals surface area contributed by atoms with Gasteiger partial charge in [-0.3, -0.25) is 4.79 Å². The standard InChI is InChI=1S/C20H17NO4/c1-2-11-24-19(22)12-21-20(23)25-13-18-16-9-5-3-7-14(16)15-8-4-6-10-17(15)18/h1,3-10,18H,11-13H2,(H,21,23). The molecule has 5 nitrogen and oxygen atoms in total. The van der Waals surface area contributed by atoms with Gasteiger partial charge in [0, 0.05) is 5.92 Å². The zero-order chi connectivity index (χ0) is 17.6. The van der Waals surface area contributed by atoms with Crippen molar-refractivity contribution >= 4 is 12.1 Å². The van der Waals surface area contributed by atoms with Crippen LogP contribution in [-0.2, 0) is 14.3 Å². The average Bonchev–Trinajstić information content (AvgIpc) is 2.97. The fourth-order valence-corrected chi connectivity index (χ4v) is 2.97. The van der Waals surface area contributed by atoms with Crippen molar-refractivity contribution < 1.29 is 19.1 Å². The second kappa shape index (κ2) is 7.54. The first-order chi connectivity index (χ1) is 12.2. The van der Waals surface area contributed by atoms with Crippen LogP contribution in [0, 0.1) is 12.3 Å². The van der Waals surface area contributed by atoms with Gasteiger partial charge in [-0.25, -0.2) is 4.79 Å².